The van der Waals surface area contributed by atoms with Crippen molar-refractivity contribution in [3.8, 4) is 17.2 Å². The molecule has 6 heteroatoms. The number of methoxy groups -OCH3 is 1. The SMILES string of the molecule is COc1ccccc1-c1nnc(CCNC(=O)c2ccccc2)o1. The van der Waals surface area contributed by atoms with Gasteiger partial charge >= 0.3 is 0 Å². The maximum atomic E-state index is 12.0. The lowest BCUT2D eigenvalue weighted by Crippen LogP contribution is -2.25. The maximum Gasteiger partial charge on any atom is 0.251 e. The lowest BCUT2D eigenvalue weighted by atomic mass is 10.2. The van der Waals surface area contributed by atoms with E-state index in [1.54, 1.807) is 19.2 Å². The van der Waals surface area contributed by atoms with E-state index in [2.05, 4.69) is 15.5 Å². The van der Waals surface area contributed by atoms with Crippen LogP contribution in [0.25, 0.3) is 11.5 Å². The molecule has 2 aromatic carbocycles. The predicted octanol–water partition coefficient (Wildman–Crippen LogP) is 2.72. The van der Waals surface area contributed by atoms with Gasteiger partial charge in [-0.05, 0) is 24.3 Å². The van der Waals surface area contributed by atoms with Gasteiger partial charge in [-0.1, -0.05) is 30.3 Å². The number of benzene rings is 2. The Hall–Kier alpha value is -3.15. The number of nitrogens with one attached hydrogen (secondary N) is 1. The highest BCUT2D eigenvalue weighted by Gasteiger charge is 2.13. The Morgan fingerprint density at radius 3 is 2.62 bits per heavy atom. The van der Waals surface area contributed by atoms with Crippen LogP contribution in [0.4, 0.5) is 0 Å². The lowest BCUT2D eigenvalue weighted by molar-refractivity contribution is 0.0953. The highest BCUT2D eigenvalue weighted by atomic mass is 16.5. The number of para-hydroxylation sites is 1. The summed E-state index contributed by atoms with van der Waals surface area (Å²) in [5, 5.41) is 10.9. The summed E-state index contributed by atoms with van der Waals surface area (Å²) in [7, 11) is 1.59. The van der Waals surface area contributed by atoms with Gasteiger partial charge in [-0.25, -0.2) is 0 Å². The van der Waals surface area contributed by atoms with Crippen LogP contribution in [0.1, 0.15) is 16.2 Å². The van der Waals surface area contributed by atoms with Crippen molar-refractivity contribution in [2.24, 2.45) is 0 Å². The molecular weight excluding hydrogens is 306 g/mol. The second-order valence-electron chi connectivity index (χ2n) is 5.07. The molecule has 0 aliphatic rings. The number of rotatable bonds is 6. The van der Waals surface area contributed by atoms with Crippen LogP contribution in [-0.4, -0.2) is 29.8 Å². The molecular formula is C18H17N3O3. The molecule has 122 valence electrons. The normalized spacial score (nSPS) is 10.4. The molecule has 0 atom stereocenters. The largest absolute Gasteiger partial charge is 0.496 e. The Kier molecular flexibility index (Phi) is 4.86. The summed E-state index contributed by atoms with van der Waals surface area (Å²) in [5.41, 5.74) is 1.37. The molecule has 3 aromatic rings. The van der Waals surface area contributed by atoms with Gasteiger partial charge in [0.1, 0.15) is 5.75 Å². The Morgan fingerprint density at radius 2 is 1.83 bits per heavy atom. The molecule has 3 rings (SSSR count). The van der Waals surface area contributed by atoms with Gasteiger partial charge in [-0.2, -0.15) is 0 Å². The Morgan fingerprint density at radius 1 is 1.08 bits per heavy atom. The summed E-state index contributed by atoms with van der Waals surface area (Å²) in [6, 6.07) is 16.5. The summed E-state index contributed by atoms with van der Waals surface area (Å²) in [6.07, 6.45) is 0.459. The Bertz CT molecular complexity index is 815. The number of nitrogens with zero attached hydrogens (tertiary/aromatic N) is 2. The Labute approximate surface area is 139 Å². The molecule has 6 nitrogen and oxygen atoms in total. The van der Waals surface area contributed by atoms with Crippen LogP contribution in [0, 0.1) is 0 Å². The molecule has 0 bridgehead atoms. The van der Waals surface area contributed by atoms with E-state index in [0.717, 1.165) is 5.56 Å². The van der Waals surface area contributed by atoms with Gasteiger partial charge in [-0.15, -0.1) is 10.2 Å². The highest BCUT2D eigenvalue weighted by Crippen LogP contribution is 2.28. The predicted molar refractivity (Wildman–Crippen MR) is 88.8 cm³/mol. The zero-order valence-corrected chi connectivity index (χ0v) is 13.2. The second-order valence-corrected chi connectivity index (χ2v) is 5.07. The van der Waals surface area contributed by atoms with Crippen LogP contribution < -0.4 is 10.1 Å². The first-order chi connectivity index (χ1) is 11.8. The number of carbonyl (C=O) groups excluding carboxylic acids is 1. The standard InChI is InChI=1S/C18H17N3O3/c1-23-15-10-6-5-9-14(15)18-21-20-16(24-18)11-12-19-17(22)13-7-3-2-4-8-13/h2-10H,11-12H2,1H3,(H,19,22). The van der Waals surface area contributed by atoms with Crippen molar-refractivity contribution in [3.05, 3.63) is 66.1 Å². The van der Waals surface area contributed by atoms with Gasteiger partial charge in [0, 0.05) is 18.5 Å². The fraction of sp³-hybridized carbons (Fsp3) is 0.167. The highest BCUT2D eigenvalue weighted by molar-refractivity contribution is 5.94. The van der Waals surface area contributed by atoms with Gasteiger partial charge in [-0.3, -0.25) is 4.79 Å². The van der Waals surface area contributed by atoms with E-state index in [9.17, 15) is 4.79 Å². The maximum absolute atomic E-state index is 12.0. The quantitative estimate of drug-likeness (QED) is 0.755. The van der Waals surface area contributed by atoms with Crippen molar-refractivity contribution >= 4 is 5.91 Å². The minimum Gasteiger partial charge on any atom is -0.496 e. The summed E-state index contributed by atoms with van der Waals surface area (Å²) in [5.74, 6) is 1.41. The molecule has 1 heterocycles. The molecule has 0 unspecified atom stereocenters. The van der Waals surface area contributed by atoms with E-state index in [1.807, 2.05) is 42.5 Å². The van der Waals surface area contributed by atoms with Crippen molar-refractivity contribution in [1.82, 2.24) is 15.5 Å². The van der Waals surface area contributed by atoms with Crippen LogP contribution in [0.5, 0.6) is 5.75 Å². The molecule has 0 radical (unpaired) electrons. The zero-order chi connectivity index (χ0) is 16.8. The average Bonchev–Trinajstić information content (AvgIpc) is 3.11. The topological polar surface area (TPSA) is 77.3 Å². The minimum absolute atomic E-state index is 0.125. The van der Waals surface area contributed by atoms with Crippen LogP contribution in [0.3, 0.4) is 0 Å². The fourth-order valence-corrected chi connectivity index (χ4v) is 2.26. The third-order valence-corrected chi connectivity index (χ3v) is 3.46. The average molecular weight is 323 g/mol. The molecule has 0 aliphatic carbocycles. The second kappa shape index (κ2) is 7.41. The van der Waals surface area contributed by atoms with Crippen molar-refractivity contribution in [2.75, 3.05) is 13.7 Å². The van der Waals surface area contributed by atoms with Crippen LogP contribution >= 0.6 is 0 Å². The van der Waals surface area contributed by atoms with Crippen molar-refractivity contribution in [3.63, 3.8) is 0 Å². The summed E-state index contributed by atoms with van der Waals surface area (Å²) in [4.78, 5) is 12.0. The van der Waals surface area contributed by atoms with E-state index in [0.29, 0.717) is 36.1 Å². The van der Waals surface area contributed by atoms with Gasteiger partial charge < -0.3 is 14.5 Å². The molecule has 0 fully saturated rings. The molecule has 0 aliphatic heterocycles. The smallest absolute Gasteiger partial charge is 0.251 e. The molecule has 1 amide bonds. The summed E-state index contributed by atoms with van der Waals surface area (Å²) >= 11 is 0. The number of hydrogen-bond acceptors (Lipinski definition) is 5. The Balaban J connectivity index is 1.60. The van der Waals surface area contributed by atoms with Crippen molar-refractivity contribution in [1.29, 1.82) is 0 Å². The first-order valence-electron chi connectivity index (χ1n) is 7.57. The number of carbonyl (C=O) groups is 1. The van der Waals surface area contributed by atoms with Crippen LogP contribution in [0.2, 0.25) is 0 Å². The molecule has 0 spiro atoms. The van der Waals surface area contributed by atoms with E-state index < -0.39 is 0 Å². The van der Waals surface area contributed by atoms with E-state index in [1.165, 1.54) is 0 Å². The third-order valence-electron chi connectivity index (χ3n) is 3.46. The van der Waals surface area contributed by atoms with Crippen LogP contribution in [0.15, 0.2) is 59.0 Å². The lowest BCUT2D eigenvalue weighted by Gasteiger charge is -2.04. The molecule has 0 saturated carbocycles. The molecule has 1 N–H and O–H groups in total. The summed E-state index contributed by atoms with van der Waals surface area (Å²) < 4.78 is 10.9. The molecule has 24 heavy (non-hydrogen) atoms. The molecule has 1 aromatic heterocycles. The number of hydrogen-bond donors (Lipinski definition) is 1. The third kappa shape index (κ3) is 3.60. The van der Waals surface area contributed by atoms with Gasteiger partial charge in [0.05, 0.1) is 12.7 Å². The molecule has 0 saturated heterocycles. The van der Waals surface area contributed by atoms with Crippen LogP contribution in [-0.2, 0) is 6.42 Å². The monoisotopic (exact) mass is 323 g/mol. The number of ether oxygens (including phenoxy) is 1. The fourth-order valence-electron chi connectivity index (χ4n) is 2.26. The first-order valence-corrected chi connectivity index (χ1v) is 7.57. The van der Waals surface area contributed by atoms with E-state index >= 15 is 0 Å². The van der Waals surface area contributed by atoms with Crippen molar-refractivity contribution < 1.29 is 13.9 Å². The first kappa shape index (κ1) is 15.7. The van der Waals surface area contributed by atoms with Gasteiger partial charge in [0.15, 0.2) is 0 Å². The summed E-state index contributed by atoms with van der Waals surface area (Å²) in [6.45, 7) is 0.418. The van der Waals surface area contributed by atoms with Gasteiger partial charge in [0.2, 0.25) is 5.89 Å². The van der Waals surface area contributed by atoms with Gasteiger partial charge in [0.25, 0.3) is 11.8 Å². The number of aromatic nitrogens is 2. The van der Waals surface area contributed by atoms with Crippen molar-refractivity contribution in [2.45, 2.75) is 6.42 Å². The van der Waals surface area contributed by atoms with E-state index in [4.69, 9.17) is 9.15 Å². The van der Waals surface area contributed by atoms with E-state index in [-0.39, 0.29) is 5.91 Å². The zero-order valence-electron chi connectivity index (χ0n) is 13.2. The minimum atomic E-state index is -0.125. The number of amides is 1.